The van der Waals surface area contributed by atoms with Crippen LogP contribution in [0.1, 0.15) is 25.3 Å². The first-order chi connectivity index (χ1) is 9.06. The quantitative estimate of drug-likeness (QED) is 0.670. The number of anilines is 1. The van der Waals surface area contributed by atoms with Crippen LogP contribution in [0.4, 0.5) is 11.4 Å². The Hall–Kier alpha value is -1.62. The Morgan fingerprint density at radius 2 is 2.32 bits per heavy atom. The van der Waals surface area contributed by atoms with Gasteiger partial charge in [-0.15, -0.1) is 0 Å². The lowest BCUT2D eigenvalue weighted by Gasteiger charge is -2.27. The van der Waals surface area contributed by atoms with E-state index in [0.717, 1.165) is 37.2 Å². The maximum Gasteiger partial charge on any atom is 0.269 e. The van der Waals surface area contributed by atoms with Gasteiger partial charge in [0.15, 0.2) is 0 Å². The second-order valence-corrected chi connectivity index (χ2v) is 5.21. The van der Waals surface area contributed by atoms with Gasteiger partial charge in [-0.3, -0.25) is 10.1 Å². The van der Waals surface area contributed by atoms with Crippen molar-refractivity contribution < 1.29 is 9.66 Å². The van der Waals surface area contributed by atoms with Crippen LogP contribution in [-0.2, 0) is 4.74 Å². The van der Waals surface area contributed by atoms with Gasteiger partial charge in [0.1, 0.15) is 0 Å². The number of nitro groups is 1. The summed E-state index contributed by atoms with van der Waals surface area (Å²) in [6, 6.07) is 4.94. The van der Waals surface area contributed by atoms with Crippen LogP contribution in [0.25, 0.3) is 0 Å². The molecule has 1 heterocycles. The molecule has 104 valence electrons. The second-order valence-electron chi connectivity index (χ2n) is 5.21. The first-order valence-corrected chi connectivity index (χ1v) is 6.67. The first-order valence-electron chi connectivity index (χ1n) is 6.67. The molecule has 0 spiro atoms. The number of hydrogen-bond donors (Lipinski definition) is 1. The summed E-state index contributed by atoms with van der Waals surface area (Å²) in [7, 11) is 0. The number of nitrogens with zero attached hydrogens (tertiary/aromatic N) is 1. The van der Waals surface area contributed by atoms with E-state index in [-0.39, 0.29) is 10.6 Å². The van der Waals surface area contributed by atoms with Crippen molar-refractivity contribution in [2.24, 2.45) is 5.92 Å². The summed E-state index contributed by atoms with van der Waals surface area (Å²) < 4.78 is 5.52. The van der Waals surface area contributed by atoms with E-state index in [1.807, 2.05) is 6.92 Å². The minimum Gasteiger partial charge on any atom is -0.385 e. The fraction of sp³-hybridized carbons (Fsp3) is 0.571. The maximum atomic E-state index is 10.7. The Bertz CT molecular complexity index is 462. The molecule has 0 saturated carbocycles. The molecule has 0 aliphatic carbocycles. The number of ether oxygens (including phenoxy) is 1. The lowest BCUT2D eigenvalue weighted by Crippen LogP contribution is -2.27. The third-order valence-electron chi connectivity index (χ3n) is 3.60. The fourth-order valence-electron chi connectivity index (χ4n) is 2.49. The molecule has 0 radical (unpaired) electrons. The van der Waals surface area contributed by atoms with Gasteiger partial charge >= 0.3 is 0 Å². The highest BCUT2D eigenvalue weighted by atomic mass is 16.6. The van der Waals surface area contributed by atoms with Crippen LogP contribution in [0.2, 0.25) is 0 Å². The summed E-state index contributed by atoms with van der Waals surface area (Å²) in [5.41, 5.74) is 2.03. The van der Waals surface area contributed by atoms with Gasteiger partial charge in [-0.2, -0.15) is 0 Å². The highest BCUT2D eigenvalue weighted by Gasteiger charge is 2.19. The van der Waals surface area contributed by atoms with Crippen molar-refractivity contribution in [3.63, 3.8) is 0 Å². The molecule has 0 bridgehead atoms. The zero-order valence-corrected chi connectivity index (χ0v) is 11.4. The number of aryl methyl sites for hydroxylation is 1. The Morgan fingerprint density at radius 1 is 1.53 bits per heavy atom. The first kappa shape index (κ1) is 13.8. The molecule has 19 heavy (non-hydrogen) atoms. The third-order valence-corrected chi connectivity index (χ3v) is 3.60. The number of rotatable bonds is 4. The topological polar surface area (TPSA) is 64.4 Å². The van der Waals surface area contributed by atoms with Gasteiger partial charge in [0, 0.05) is 31.0 Å². The lowest BCUT2D eigenvalue weighted by atomic mass is 9.96. The van der Waals surface area contributed by atoms with Gasteiger partial charge in [0.25, 0.3) is 5.69 Å². The molecule has 2 rings (SSSR count). The molecule has 1 fully saturated rings. The Morgan fingerprint density at radius 3 is 2.95 bits per heavy atom. The van der Waals surface area contributed by atoms with Crippen LogP contribution in [0.3, 0.4) is 0 Å². The summed E-state index contributed by atoms with van der Waals surface area (Å²) in [6.07, 6.45) is 2.47. The minimum absolute atomic E-state index is 0.141. The highest BCUT2D eigenvalue weighted by Crippen LogP contribution is 2.24. The van der Waals surface area contributed by atoms with E-state index < -0.39 is 0 Å². The molecule has 0 unspecified atom stereocenters. The Kier molecular flexibility index (Phi) is 4.37. The molecular weight excluding hydrogens is 244 g/mol. The fourth-order valence-corrected chi connectivity index (χ4v) is 2.49. The van der Waals surface area contributed by atoms with E-state index in [0.29, 0.717) is 12.0 Å². The molecule has 5 nitrogen and oxygen atoms in total. The number of nitrogens with one attached hydrogen (secondary N) is 1. The van der Waals surface area contributed by atoms with Crippen molar-refractivity contribution >= 4 is 11.4 Å². The molecule has 0 aromatic heterocycles. The van der Waals surface area contributed by atoms with Gasteiger partial charge < -0.3 is 10.1 Å². The Labute approximate surface area is 113 Å². The predicted molar refractivity (Wildman–Crippen MR) is 74.5 cm³/mol. The SMILES string of the molecule is Cc1cc([N+](=O)[O-])ccc1NC[C@@H]1CCO[C@@H](C)C1. The molecular formula is C14H20N2O3. The molecule has 1 aliphatic heterocycles. The molecule has 1 aliphatic rings. The minimum atomic E-state index is -0.364. The number of non-ortho nitro benzene ring substituents is 1. The molecule has 1 aromatic rings. The average molecular weight is 264 g/mol. The summed E-state index contributed by atoms with van der Waals surface area (Å²) >= 11 is 0. The third kappa shape index (κ3) is 3.67. The van der Waals surface area contributed by atoms with Crippen molar-refractivity contribution in [2.45, 2.75) is 32.8 Å². The van der Waals surface area contributed by atoms with Crippen molar-refractivity contribution in [1.29, 1.82) is 0 Å². The van der Waals surface area contributed by atoms with Crippen molar-refractivity contribution in [1.82, 2.24) is 0 Å². The number of benzene rings is 1. The van der Waals surface area contributed by atoms with Crippen molar-refractivity contribution in [3.8, 4) is 0 Å². The van der Waals surface area contributed by atoms with Crippen LogP contribution in [0.5, 0.6) is 0 Å². The van der Waals surface area contributed by atoms with Crippen LogP contribution < -0.4 is 5.32 Å². The zero-order chi connectivity index (χ0) is 13.8. The van der Waals surface area contributed by atoms with E-state index in [2.05, 4.69) is 12.2 Å². The van der Waals surface area contributed by atoms with Crippen LogP contribution >= 0.6 is 0 Å². The summed E-state index contributed by atoms with van der Waals surface area (Å²) in [5, 5.41) is 14.1. The molecule has 1 aromatic carbocycles. The maximum absolute atomic E-state index is 10.7. The lowest BCUT2D eigenvalue weighted by molar-refractivity contribution is -0.384. The second kappa shape index (κ2) is 6.02. The molecule has 2 atom stereocenters. The van der Waals surface area contributed by atoms with E-state index in [9.17, 15) is 10.1 Å². The van der Waals surface area contributed by atoms with Crippen LogP contribution in [-0.4, -0.2) is 24.2 Å². The van der Waals surface area contributed by atoms with Gasteiger partial charge in [-0.25, -0.2) is 0 Å². The molecule has 1 saturated heterocycles. The zero-order valence-electron chi connectivity index (χ0n) is 11.4. The number of nitro benzene ring substituents is 1. The van der Waals surface area contributed by atoms with Gasteiger partial charge in [0.05, 0.1) is 11.0 Å². The molecule has 0 amide bonds. The largest absolute Gasteiger partial charge is 0.385 e. The monoisotopic (exact) mass is 264 g/mol. The van der Waals surface area contributed by atoms with E-state index >= 15 is 0 Å². The molecule has 5 heteroatoms. The van der Waals surface area contributed by atoms with Crippen LogP contribution in [0.15, 0.2) is 18.2 Å². The predicted octanol–water partition coefficient (Wildman–Crippen LogP) is 3.13. The number of hydrogen-bond acceptors (Lipinski definition) is 4. The van der Waals surface area contributed by atoms with Gasteiger partial charge in [-0.05, 0) is 44.2 Å². The van der Waals surface area contributed by atoms with Crippen LogP contribution in [0, 0.1) is 23.0 Å². The summed E-state index contributed by atoms with van der Waals surface area (Å²) in [6.45, 7) is 5.71. The van der Waals surface area contributed by atoms with E-state index in [4.69, 9.17) is 4.74 Å². The Balaban J connectivity index is 1.94. The van der Waals surface area contributed by atoms with E-state index in [1.54, 1.807) is 18.2 Å². The average Bonchev–Trinajstić information content (AvgIpc) is 2.37. The normalized spacial score (nSPS) is 23.1. The van der Waals surface area contributed by atoms with E-state index in [1.165, 1.54) is 0 Å². The standard InChI is InChI=1S/C14H20N2O3/c1-10-7-13(16(17)18)3-4-14(10)15-9-12-5-6-19-11(2)8-12/h3-4,7,11-12,15H,5-6,8-9H2,1-2H3/t11-,12+/m0/s1. The molecule has 1 N–H and O–H groups in total. The summed E-state index contributed by atoms with van der Waals surface area (Å²) in [4.78, 5) is 10.3. The summed E-state index contributed by atoms with van der Waals surface area (Å²) in [5.74, 6) is 0.610. The van der Waals surface area contributed by atoms with Gasteiger partial charge in [0.2, 0.25) is 0 Å². The highest BCUT2D eigenvalue weighted by molar-refractivity contribution is 5.55. The van der Waals surface area contributed by atoms with Crippen molar-refractivity contribution in [2.75, 3.05) is 18.5 Å². The smallest absolute Gasteiger partial charge is 0.269 e. The van der Waals surface area contributed by atoms with Gasteiger partial charge in [-0.1, -0.05) is 0 Å². The van der Waals surface area contributed by atoms with Crippen molar-refractivity contribution in [3.05, 3.63) is 33.9 Å².